The summed E-state index contributed by atoms with van der Waals surface area (Å²) in [6.07, 6.45) is 1.81. The van der Waals surface area contributed by atoms with Crippen LogP contribution in [0.15, 0.2) is 148 Å². The maximum atomic E-state index is 6.87. The van der Waals surface area contributed by atoms with Crippen LogP contribution in [0, 0.1) is 12.1 Å². The summed E-state index contributed by atoms with van der Waals surface area (Å²) in [7, 11) is 0. The largest absolute Gasteiger partial charge is 0.497 e. The molecule has 0 saturated carbocycles. The van der Waals surface area contributed by atoms with Gasteiger partial charge < -0.3 is 13.4 Å². The second-order valence-electron chi connectivity index (χ2n) is 20.2. The number of furan rings is 1. The molecule has 0 spiro atoms. The topological polar surface area (TPSA) is 82.8 Å². The zero-order valence-corrected chi connectivity index (χ0v) is 42.7. The van der Waals surface area contributed by atoms with E-state index in [1.54, 1.807) is 0 Å². The molecule has 11 aromatic rings. The first kappa shape index (κ1) is 46.4. The third-order valence-corrected chi connectivity index (χ3v) is 12.5. The number of hydrogen-bond donors (Lipinski definition) is 0. The first-order chi connectivity index (χ1) is 32.2. The number of imidazole rings is 1. The molecule has 7 aromatic carbocycles. The number of fused-ring (bicyclic) bond motifs is 8. The molecule has 4 heterocycles. The van der Waals surface area contributed by atoms with Gasteiger partial charge in [-0.1, -0.05) is 141 Å². The van der Waals surface area contributed by atoms with Gasteiger partial charge in [0, 0.05) is 59.3 Å². The predicted molar refractivity (Wildman–Crippen MR) is 275 cm³/mol. The molecule has 0 atom stereocenters. The molecule has 7 nitrogen and oxygen atoms in total. The van der Waals surface area contributed by atoms with Crippen molar-refractivity contribution in [2.45, 2.75) is 91.9 Å². The molecule has 68 heavy (non-hydrogen) atoms. The van der Waals surface area contributed by atoms with Crippen molar-refractivity contribution in [3.05, 3.63) is 175 Å². The molecule has 8 heteroatoms. The minimum Gasteiger partial charge on any atom is -0.497 e. The molecule has 1 radical (unpaired) electrons. The fraction of sp³-hybridized carbons (Fsp3) is 0.233. The van der Waals surface area contributed by atoms with Gasteiger partial charge in [0.15, 0.2) is 11.2 Å². The maximum absolute atomic E-state index is 6.87. The third-order valence-electron chi connectivity index (χ3n) is 12.5. The Hall–Kier alpha value is -6.73. The Morgan fingerprint density at radius 1 is 0.559 bits per heavy atom. The normalized spacial score (nSPS) is 12.1. The molecule has 0 bridgehead atoms. The van der Waals surface area contributed by atoms with Crippen molar-refractivity contribution in [1.82, 2.24) is 24.5 Å². The average Bonchev–Trinajstić information content (AvgIpc) is 4.06. The van der Waals surface area contributed by atoms with Crippen molar-refractivity contribution in [3.8, 4) is 39.6 Å². The van der Waals surface area contributed by atoms with Crippen molar-refractivity contribution < 1.29 is 28.9 Å². The Balaban J connectivity index is 0.000000289. The van der Waals surface area contributed by atoms with Crippen LogP contribution in [0.25, 0.3) is 94.4 Å². The van der Waals surface area contributed by atoms with Gasteiger partial charge in [-0.2, -0.15) is 0 Å². The van der Waals surface area contributed by atoms with Crippen LogP contribution in [0.3, 0.4) is 0 Å². The number of aromatic nitrogens is 5. The van der Waals surface area contributed by atoms with Crippen LogP contribution < -0.4 is 0 Å². The van der Waals surface area contributed by atoms with Gasteiger partial charge in [-0.25, -0.2) is 4.98 Å². The second kappa shape index (κ2) is 18.1. The van der Waals surface area contributed by atoms with Gasteiger partial charge in [0.25, 0.3) is 0 Å². The van der Waals surface area contributed by atoms with E-state index in [0.717, 1.165) is 66.8 Å². The Labute approximate surface area is 412 Å². The minimum atomic E-state index is -0.234. The van der Waals surface area contributed by atoms with Gasteiger partial charge in [0.1, 0.15) is 5.52 Å². The molecule has 0 aliphatic rings. The smallest absolute Gasteiger partial charge is 0.201 e. The fourth-order valence-electron chi connectivity index (χ4n) is 8.95. The van der Waals surface area contributed by atoms with Crippen molar-refractivity contribution in [2.24, 2.45) is 0 Å². The van der Waals surface area contributed by atoms with E-state index in [4.69, 9.17) is 18.8 Å². The van der Waals surface area contributed by atoms with Crippen LogP contribution in [0.4, 0.5) is 0 Å². The molecule has 11 rings (SSSR count). The number of benzene rings is 7. The van der Waals surface area contributed by atoms with Crippen molar-refractivity contribution in [1.29, 1.82) is 0 Å². The van der Waals surface area contributed by atoms with E-state index in [2.05, 4.69) is 187 Å². The Kier molecular flexibility index (Phi) is 12.3. The fourth-order valence-corrected chi connectivity index (χ4v) is 8.95. The summed E-state index contributed by atoms with van der Waals surface area (Å²) in [6, 6.07) is 53.0. The van der Waals surface area contributed by atoms with Crippen LogP contribution in [-0.4, -0.2) is 24.5 Å². The molecule has 0 amide bonds. The minimum absolute atomic E-state index is 0. The van der Waals surface area contributed by atoms with Gasteiger partial charge >= 0.3 is 0 Å². The third kappa shape index (κ3) is 8.46. The average molecular weight is 1070 g/mol. The molecule has 4 aromatic heterocycles. The first-order valence-corrected chi connectivity index (χ1v) is 23.3. The molecule has 343 valence electrons. The number of rotatable bonds is 6. The van der Waals surface area contributed by atoms with Crippen molar-refractivity contribution in [2.75, 3.05) is 0 Å². The molecular formula is C60H55IrN5O2-2. The SMILES string of the molecule is CC(C)(C)c1ccnc(-c2[c-]cccc2)n1.CC(C)c1cc(-c2ccccc2)cc(C(C)C)c1-n1c(-c2[c-]ccc3c2oc2c3ccc3nc(C(C)(C)C)oc32)nc2ccc3ccccc3c21.[Ir]. The van der Waals surface area contributed by atoms with Gasteiger partial charge in [-0.3, -0.25) is 15.0 Å². The Bertz CT molecular complexity index is 3580. The molecule has 0 aliphatic heterocycles. The zero-order chi connectivity index (χ0) is 46.8. The number of nitrogens with zero attached hydrogens (tertiary/aromatic N) is 5. The zero-order valence-electron chi connectivity index (χ0n) is 40.3. The molecule has 0 unspecified atom stereocenters. The molecule has 0 fully saturated rings. The summed E-state index contributed by atoms with van der Waals surface area (Å²) in [6.45, 7) is 21.9. The maximum Gasteiger partial charge on any atom is 0.201 e. The second-order valence-corrected chi connectivity index (χ2v) is 20.2. The van der Waals surface area contributed by atoms with Crippen LogP contribution in [0.5, 0.6) is 0 Å². The van der Waals surface area contributed by atoms with Crippen LogP contribution in [0.2, 0.25) is 0 Å². The summed E-state index contributed by atoms with van der Waals surface area (Å²) >= 11 is 0. The van der Waals surface area contributed by atoms with Crippen molar-refractivity contribution >= 4 is 54.8 Å². The van der Waals surface area contributed by atoms with E-state index in [-0.39, 0.29) is 42.8 Å². The van der Waals surface area contributed by atoms with E-state index in [0.29, 0.717) is 17.1 Å². The molecule has 0 aliphatic carbocycles. The predicted octanol–water partition coefficient (Wildman–Crippen LogP) is 16.1. The van der Waals surface area contributed by atoms with Crippen LogP contribution in [-0.2, 0) is 30.9 Å². The summed E-state index contributed by atoms with van der Waals surface area (Å²) in [5.74, 6) is 2.71. The van der Waals surface area contributed by atoms with Crippen molar-refractivity contribution in [3.63, 3.8) is 0 Å². The van der Waals surface area contributed by atoms with E-state index >= 15 is 0 Å². The van der Waals surface area contributed by atoms with Gasteiger partial charge in [-0.15, -0.1) is 54.1 Å². The number of oxazole rings is 1. The monoisotopic (exact) mass is 1070 g/mol. The van der Waals surface area contributed by atoms with Crippen LogP contribution in [0.1, 0.15) is 104 Å². The van der Waals surface area contributed by atoms with E-state index in [1.165, 1.54) is 33.3 Å². The quantitative estimate of drug-likeness (QED) is 0.154. The summed E-state index contributed by atoms with van der Waals surface area (Å²) in [4.78, 5) is 19.1. The standard InChI is InChI=1S/C46H40N3O2.C14H15N2.Ir/c1-26(2)35-24-30(28-14-9-8-10-15-28)25-36(27(3)4)39(35)49-40-31-17-12-11-16-29(31)20-22-37(40)47-44(49)34-19-13-18-32-33-21-23-38-43(42(33)50-41(32)34)51-45(48-38)46(5,6)7;1-14(2,3)12-9-10-15-13(16-12)11-7-5-4-6-8-11;/h8-18,20-27H,1-7H3;4-7,9-10H,1-3H3;/q2*-1;. The van der Waals surface area contributed by atoms with E-state index in [1.807, 2.05) is 48.7 Å². The molecule has 0 N–H and O–H groups in total. The van der Waals surface area contributed by atoms with E-state index in [9.17, 15) is 0 Å². The van der Waals surface area contributed by atoms with Gasteiger partial charge in [-0.05, 0) is 75.9 Å². The Morgan fingerprint density at radius 2 is 1.25 bits per heavy atom. The Morgan fingerprint density at radius 3 is 1.94 bits per heavy atom. The summed E-state index contributed by atoms with van der Waals surface area (Å²) in [5, 5.41) is 4.30. The van der Waals surface area contributed by atoms with E-state index < -0.39 is 0 Å². The molecular weight excluding hydrogens is 1010 g/mol. The van der Waals surface area contributed by atoms with Crippen LogP contribution >= 0.6 is 0 Å². The van der Waals surface area contributed by atoms with Gasteiger partial charge in [0.05, 0.1) is 28.3 Å². The van der Waals surface area contributed by atoms with Gasteiger partial charge in [0.2, 0.25) is 5.89 Å². The summed E-state index contributed by atoms with van der Waals surface area (Å²) < 4.78 is 15.7. The molecule has 0 saturated heterocycles. The number of hydrogen-bond acceptors (Lipinski definition) is 6. The summed E-state index contributed by atoms with van der Waals surface area (Å²) in [5.41, 5.74) is 13.6. The first-order valence-electron chi connectivity index (χ1n) is 23.3.